The summed E-state index contributed by atoms with van der Waals surface area (Å²) in [6, 6.07) is 5.28. The molecule has 6 nitrogen and oxygen atoms in total. The normalized spacial score (nSPS) is 21.1. The molecule has 0 unspecified atom stereocenters. The molecule has 7 heteroatoms. The van der Waals surface area contributed by atoms with E-state index in [2.05, 4.69) is 27.9 Å². The van der Waals surface area contributed by atoms with Crippen molar-refractivity contribution in [3.05, 3.63) is 18.2 Å². The zero-order chi connectivity index (χ0) is 14.1. The summed E-state index contributed by atoms with van der Waals surface area (Å²) in [4.78, 5) is 24.8. The van der Waals surface area contributed by atoms with Crippen LogP contribution in [0.3, 0.4) is 0 Å². The van der Waals surface area contributed by atoms with Gasteiger partial charge in [-0.1, -0.05) is 22.6 Å². The lowest BCUT2D eigenvalue weighted by molar-refractivity contribution is -0.118. The average Bonchev–Trinajstić information content (AvgIpc) is 2.79. The monoisotopic (exact) mass is 388 g/mol. The van der Waals surface area contributed by atoms with E-state index >= 15 is 0 Å². The maximum atomic E-state index is 11.9. The smallest absolute Gasteiger partial charge is 0.414 e. The maximum Gasteiger partial charge on any atom is 0.414 e. The Morgan fingerprint density at radius 3 is 3.05 bits per heavy atom. The molecule has 1 N–H and O–H groups in total. The van der Waals surface area contributed by atoms with Gasteiger partial charge in [-0.15, -0.1) is 0 Å². The molecule has 3 rings (SSSR count). The van der Waals surface area contributed by atoms with E-state index in [0.717, 1.165) is 10.8 Å². The summed E-state index contributed by atoms with van der Waals surface area (Å²) in [5, 5.41) is 2.73. The number of fused-ring (bicyclic) bond motifs is 1. The summed E-state index contributed by atoms with van der Waals surface area (Å²) < 4.78 is 11.5. The van der Waals surface area contributed by atoms with Crippen LogP contribution in [-0.4, -0.2) is 35.7 Å². The molecule has 2 aliphatic heterocycles. The Hall–Kier alpha value is -1.51. The van der Waals surface area contributed by atoms with Gasteiger partial charge in [0.1, 0.15) is 11.9 Å². The lowest BCUT2D eigenvalue weighted by Crippen LogP contribution is -2.27. The van der Waals surface area contributed by atoms with E-state index in [1.54, 1.807) is 23.1 Å². The van der Waals surface area contributed by atoms with Crippen molar-refractivity contribution in [2.24, 2.45) is 0 Å². The van der Waals surface area contributed by atoms with Crippen LogP contribution >= 0.6 is 22.6 Å². The van der Waals surface area contributed by atoms with Crippen molar-refractivity contribution in [3.63, 3.8) is 0 Å². The van der Waals surface area contributed by atoms with Crippen molar-refractivity contribution >= 4 is 46.0 Å². The molecule has 1 saturated heterocycles. The fraction of sp³-hybridized carbons (Fsp3) is 0.385. The number of ether oxygens (including phenoxy) is 2. The standard InChI is InChI=1S/C13H13IN2O4/c14-4-3-9-6-16(13(18)20-9)8-1-2-11-10(5-8)15-12(17)7-19-11/h1-2,5,9H,3-4,6-7H2,(H,15,17)/t9-/m1/s1. The van der Waals surface area contributed by atoms with Gasteiger partial charge in [0, 0.05) is 10.1 Å². The number of nitrogens with zero attached hydrogens (tertiary/aromatic N) is 1. The zero-order valence-electron chi connectivity index (χ0n) is 10.6. The Morgan fingerprint density at radius 1 is 1.40 bits per heavy atom. The molecule has 1 fully saturated rings. The van der Waals surface area contributed by atoms with E-state index in [0.29, 0.717) is 23.7 Å². The lowest BCUT2D eigenvalue weighted by atomic mass is 10.2. The predicted molar refractivity (Wildman–Crippen MR) is 81.7 cm³/mol. The minimum Gasteiger partial charge on any atom is -0.482 e. The lowest BCUT2D eigenvalue weighted by Gasteiger charge is -2.20. The molecule has 0 spiro atoms. The molecule has 106 valence electrons. The molecule has 0 radical (unpaired) electrons. The van der Waals surface area contributed by atoms with Crippen LogP contribution in [0.2, 0.25) is 0 Å². The molecule has 2 heterocycles. The number of anilines is 2. The fourth-order valence-corrected chi connectivity index (χ4v) is 2.94. The SMILES string of the molecule is O=C1COc2ccc(N3C[C@@H](CCI)OC3=O)cc2N1. The van der Waals surface area contributed by atoms with Crippen LogP contribution in [0.5, 0.6) is 5.75 Å². The van der Waals surface area contributed by atoms with Crippen LogP contribution in [0, 0.1) is 0 Å². The Kier molecular flexibility index (Phi) is 3.68. The Balaban J connectivity index is 1.82. The predicted octanol–water partition coefficient (Wildman–Crippen LogP) is 2.17. The number of hydrogen-bond donors (Lipinski definition) is 1. The third-order valence-corrected chi connectivity index (χ3v) is 3.84. The topological polar surface area (TPSA) is 67.9 Å². The largest absolute Gasteiger partial charge is 0.482 e. The molecule has 2 amide bonds. The van der Waals surface area contributed by atoms with Crippen molar-refractivity contribution < 1.29 is 19.1 Å². The molecular weight excluding hydrogens is 375 g/mol. The number of benzene rings is 1. The van der Waals surface area contributed by atoms with Crippen LogP contribution in [0.15, 0.2) is 18.2 Å². The van der Waals surface area contributed by atoms with E-state index in [1.165, 1.54) is 0 Å². The van der Waals surface area contributed by atoms with Gasteiger partial charge in [-0.2, -0.15) is 0 Å². The second-order valence-corrected chi connectivity index (χ2v) is 5.69. The van der Waals surface area contributed by atoms with Crippen molar-refractivity contribution in [3.8, 4) is 5.75 Å². The number of alkyl halides is 1. The second kappa shape index (κ2) is 5.47. The average molecular weight is 388 g/mol. The van der Waals surface area contributed by atoms with E-state index < -0.39 is 0 Å². The molecule has 0 bridgehead atoms. The number of nitrogens with one attached hydrogen (secondary N) is 1. The third-order valence-electron chi connectivity index (χ3n) is 3.21. The Bertz CT molecular complexity index is 563. The third kappa shape index (κ3) is 2.54. The fourth-order valence-electron chi connectivity index (χ4n) is 2.24. The van der Waals surface area contributed by atoms with Crippen molar-refractivity contribution in [2.45, 2.75) is 12.5 Å². The molecular formula is C13H13IN2O4. The van der Waals surface area contributed by atoms with Crippen LogP contribution in [0.4, 0.5) is 16.2 Å². The van der Waals surface area contributed by atoms with Gasteiger partial charge < -0.3 is 14.8 Å². The molecule has 20 heavy (non-hydrogen) atoms. The highest BCUT2D eigenvalue weighted by Crippen LogP contribution is 2.33. The minimum absolute atomic E-state index is 0.0236. The number of hydrogen-bond acceptors (Lipinski definition) is 4. The van der Waals surface area contributed by atoms with Crippen molar-refractivity contribution in [1.29, 1.82) is 0 Å². The first kappa shape index (κ1) is 13.5. The summed E-state index contributed by atoms with van der Waals surface area (Å²) in [6.45, 7) is 0.561. The van der Waals surface area contributed by atoms with Crippen LogP contribution in [-0.2, 0) is 9.53 Å². The summed E-state index contributed by atoms with van der Waals surface area (Å²) in [6.07, 6.45) is 0.428. The summed E-state index contributed by atoms with van der Waals surface area (Å²) in [5.41, 5.74) is 1.29. The van der Waals surface area contributed by atoms with E-state index in [1.807, 2.05) is 0 Å². The van der Waals surface area contributed by atoms with Gasteiger partial charge in [-0.25, -0.2) is 4.79 Å². The first-order valence-electron chi connectivity index (χ1n) is 6.28. The first-order chi connectivity index (χ1) is 9.67. The number of rotatable bonds is 3. The van der Waals surface area contributed by atoms with Gasteiger partial charge in [-0.3, -0.25) is 9.69 Å². The number of carbonyl (C=O) groups is 2. The molecule has 0 saturated carbocycles. The summed E-state index contributed by atoms with van der Waals surface area (Å²) >= 11 is 2.26. The van der Waals surface area contributed by atoms with Gasteiger partial charge in [0.05, 0.1) is 12.2 Å². The Morgan fingerprint density at radius 2 is 2.25 bits per heavy atom. The van der Waals surface area contributed by atoms with Gasteiger partial charge >= 0.3 is 6.09 Å². The van der Waals surface area contributed by atoms with Crippen LogP contribution in [0.1, 0.15) is 6.42 Å². The van der Waals surface area contributed by atoms with Gasteiger partial charge in [0.2, 0.25) is 0 Å². The first-order valence-corrected chi connectivity index (χ1v) is 7.81. The minimum atomic E-state index is -0.345. The summed E-state index contributed by atoms with van der Waals surface area (Å²) in [7, 11) is 0. The maximum absolute atomic E-state index is 11.9. The molecule has 0 aliphatic carbocycles. The molecule has 1 atom stereocenters. The van der Waals surface area contributed by atoms with Gasteiger partial charge in [-0.05, 0) is 24.6 Å². The van der Waals surface area contributed by atoms with E-state index in [4.69, 9.17) is 9.47 Å². The van der Waals surface area contributed by atoms with E-state index in [9.17, 15) is 9.59 Å². The summed E-state index contributed by atoms with van der Waals surface area (Å²) in [5.74, 6) is 0.422. The molecule has 1 aromatic rings. The highest BCUT2D eigenvalue weighted by atomic mass is 127. The zero-order valence-corrected chi connectivity index (χ0v) is 12.8. The molecule has 2 aliphatic rings. The molecule has 1 aromatic carbocycles. The Labute approximate surface area is 129 Å². The van der Waals surface area contributed by atoms with Gasteiger partial charge in [0.15, 0.2) is 6.61 Å². The second-order valence-electron chi connectivity index (χ2n) is 4.61. The quantitative estimate of drug-likeness (QED) is 0.637. The highest BCUT2D eigenvalue weighted by molar-refractivity contribution is 14.1. The molecule has 0 aromatic heterocycles. The van der Waals surface area contributed by atoms with Gasteiger partial charge in [0.25, 0.3) is 5.91 Å². The number of halogens is 1. The number of amides is 2. The highest BCUT2D eigenvalue weighted by Gasteiger charge is 2.32. The number of cyclic esters (lactones) is 1. The van der Waals surface area contributed by atoms with Crippen LogP contribution in [0.25, 0.3) is 0 Å². The van der Waals surface area contributed by atoms with E-state index in [-0.39, 0.29) is 24.7 Å². The van der Waals surface area contributed by atoms with Crippen LogP contribution < -0.4 is 15.0 Å². The van der Waals surface area contributed by atoms with Crippen molar-refractivity contribution in [1.82, 2.24) is 0 Å². The van der Waals surface area contributed by atoms with Crippen molar-refractivity contribution in [2.75, 3.05) is 27.8 Å². The number of carbonyl (C=O) groups excluding carboxylic acids is 2.